The Balaban J connectivity index is 3.68. The summed E-state index contributed by atoms with van der Waals surface area (Å²) in [6.07, 6.45) is 4.16. The van der Waals surface area contributed by atoms with Crippen molar-refractivity contribution in [2.24, 2.45) is 0 Å². The van der Waals surface area contributed by atoms with Crippen LogP contribution in [0.15, 0.2) is 0 Å². The topological polar surface area (TPSA) is 52.6 Å². The molecule has 14 heavy (non-hydrogen) atoms. The van der Waals surface area contributed by atoms with E-state index >= 15 is 0 Å². The summed E-state index contributed by atoms with van der Waals surface area (Å²) < 4.78 is 8.80. The first-order valence-electron chi connectivity index (χ1n) is 3.93. The average molecular weight is 194 g/mol. The first-order chi connectivity index (χ1) is 6.70. The molecule has 0 aromatic rings. The standard InChI is InChI=1S/C10H10O4/c1-3-7-13-9(11)5-6-10(12)14-8-4-2/h5-6H2,1-2H3. The molecule has 0 fully saturated rings. The van der Waals surface area contributed by atoms with E-state index in [4.69, 9.17) is 0 Å². The van der Waals surface area contributed by atoms with Crippen LogP contribution >= 0.6 is 0 Å². The molecule has 74 valence electrons. The highest BCUT2D eigenvalue weighted by molar-refractivity contribution is 5.78. The molecule has 4 nitrogen and oxygen atoms in total. The van der Waals surface area contributed by atoms with E-state index in [0.29, 0.717) is 0 Å². The van der Waals surface area contributed by atoms with Crippen LogP contribution < -0.4 is 0 Å². The molecule has 4 heteroatoms. The first kappa shape index (κ1) is 12.1. The van der Waals surface area contributed by atoms with Crippen LogP contribution in [-0.4, -0.2) is 11.9 Å². The molecule has 0 N–H and O–H groups in total. The van der Waals surface area contributed by atoms with Gasteiger partial charge < -0.3 is 9.47 Å². The van der Waals surface area contributed by atoms with Crippen LogP contribution in [0, 0.1) is 24.1 Å². The predicted octanol–water partition coefficient (Wildman–Crippen LogP) is 0.815. The lowest BCUT2D eigenvalue weighted by atomic mass is 10.3. The van der Waals surface area contributed by atoms with Crippen molar-refractivity contribution in [1.29, 1.82) is 0 Å². The van der Waals surface area contributed by atoms with Gasteiger partial charge in [0, 0.05) is 13.8 Å². The molecule has 0 aliphatic heterocycles. The van der Waals surface area contributed by atoms with E-state index < -0.39 is 11.9 Å². The van der Waals surface area contributed by atoms with E-state index in [2.05, 4.69) is 33.5 Å². The van der Waals surface area contributed by atoms with Crippen molar-refractivity contribution in [2.45, 2.75) is 26.7 Å². The Bertz CT molecular complexity index is 288. The van der Waals surface area contributed by atoms with E-state index in [1.54, 1.807) is 13.8 Å². The summed E-state index contributed by atoms with van der Waals surface area (Å²) in [5.41, 5.74) is 0. The van der Waals surface area contributed by atoms with Crippen LogP contribution in [0.3, 0.4) is 0 Å². The number of esters is 2. The molecule has 0 aromatic carbocycles. The molecule has 0 atom stereocenters. The molecule has 0 rings (SSSR count). The molecule has 0 aromatic heterocycles. The van der Waals surface area contributed by atoms with Gasteiger partial charge in [-0.25, -0.2) is 0 Å². The highest BCUT2D eigenvalue weighted by atomic mass is 16.5. The lowest BCUT2D eigenvalue weighted by molar-refractivity contribution is -0.143. The van der Waals surface area contributed by atoms with E-state index in [-0.39, 0.29) is 12.8 Å². The van der Waals surface area contributed by atoms with Crippen LogP contribution in [0.4, 0.5) is 0 Å². The predicted molar refractivity (Wildman–Crippen MR) is 48.3 cm³/mol. The fraction of sp³-hybridized carbons (Fsp3) is 0.400. The van der Waals surface area contributed by atoms with Crippen molar-refractivity contribution in [2.75, 3.05) is 0 Å². The Morgan fingerprint density at radius 2 is 1.29 bits per heavy atom. The lowest BCUT2D eigenvalue weighted by Crippen LogP contribution is -2.06. The van der Waals surface area contributed by atoms with Crippen LogP contribution in [0.2, 0.25) is 0 Å². The highest BCUT2D eigenvalue weighted by Gasteiger charge is 2.07. The maximum atomic E-state index is 10.8. The average Bonchev–Trinajstić information content (AvgIpc) is 2.20. The molecule has 0 aliphatic carbocycles. The smallest absolute Gasteiger partial charge is 0.320 e. The minimum Gasteiger partial charge on any atom is -0.372 e. The molecular formula is C10H10O4. The molecule has 0 radical (unpaired) electrons. The van der Waals surface area contributed by atoms with Crippen molar-refractivity contribution < 1.29 is 19.1 Å². The van der Waals surface area contributed by atoms with Gasteiger partial charge >= 0.3 is 11.9 Å². The maximum Gasteiger partial charge on any atom is 0.320 e. The van der Waals surface area contributed by atoms with Gasteiger partial charge in [0.15, 0.2) is 0 Å². The Kier molecular flexibility index (Phi) is 6.63. The van der Waals surface area contributed by atoms with Crippen molar-refractivity contribution in [1.82, 2.24) is 0 Å². The third kappa shape index (κ3) is 6.75. The van der Waals surface area contributed by atoms with E-state index in [9.17, 15) is 9.59 Å². The number of hydrogen-bond acceptors (Lipinski definition) is 4. The molecule has 0 spiro atoms. The molecule has 0 aliphatic rings. The van der Waals surface area contributed by atoms with Crippen LogP contribution in [-0.2, 0) is 19.1 Å². The van der Waals surface area contributed by atoms with Crippen molar-refractivity contribution in [3.8, 4) is 24.1 Å². The van der Waals surface area contributed by atoms with Gasteiger partial charge in [0.25, 0.3) is 0 Å². The number of carbonyl (C=O) groups excluding carboxylic acids is 2. The number of rotatable bonds is 3. The van der Waals surface area contributed by atoms with Gasteiger partial charge in [-0.1, -0.05) is 11.8 Å². The van der Waals surface area contributed by atoms with Crippen molar-refractivity contribution >= 4 is 11.9 Å². The monoisotopic (exact) mass is 194 g/mol. The Hall–Kier alpha value is -1.94. The van der Waals surface area contributed by atoms with Gasteiger partial charge in [-0.2, -0.15) is 0 Å². The summed E-state index contributed by atoms with van der Waals surface area (Å²) in [6.45, 7) is 3.08. The highest BCUT2D eigenvalue weighted by Crippen LogP contribution is 1.94. The quantitative estimate of drug-likeness (QED) is 0.493. The molecule has 0 bridgehead atoms. The van der Waals surface area contributed by atoms with Gasteiger partial charge in [-0.3, -0.25) is 9.59 Å². The third-order valence-corrected chi connectivity index (χ3v) is 1.07. The van der Waals surface area contributed by atoms with E-state index in [1.165, 1.54) is 0 Å². The molecule has 0 unspecified atom stereocenters. The van der Waals surface area contributed by atoms with Gasteiger partial charge in [0.2, 0.25) is 0 Å². The summed E-state index contributed by atoms with van der Waals surface area (Å²) in [7, 11) is 0. The van der Waals surface area contributed by atoms with Gasteiger partial charge in [0.1, 0.15) is 12.2 Å². The van der Waals surface area contributed by atoms with Gasteiger partial charge in [0.05, 0.1) is 12.8 Å². The van der Waals surface area contributed by atoms with Crippen LogP contribution in [0.5, 0.6) is 0 Å². The summed E-state index contributed by atoms with van der Waals surface area (Å²) in [6, 6.07) is 0. The molecule has 0 heterocycles. The van der Waals surface area contributed by atoms with Crippen LogP contribution in [0.1, 0.15) is 26.7 Å². The summed E-state index contributed by atoms with van der Waals surface area (Å²) in [4.78, 5) is 21.6. The summed E-state index contributed by atoms with van der Waals surface area (Å²) in [5.74, 6) is 3.67. The second kappa shape index (κ2) is 7.70. The largest absolute Gasteiger partial charge is 0.372 e. The number of ether oxygens (including phenoxy) is 2. The van der Waals surface area contributed by atoms with E-state index in [0.717, 1.165) is 0 Å². The molecular weight excluding hydrogens is 184 g/mol. The zero-order valence-electron chi connectivity index (χ0n) is 8.05. The Labute approximate surface area is 82.6 Å². The van der Waals surface area contributed by atoms with Crippen molar-refractivity contribution in [3.05, 3.63) is 0 Å². The molecule has 0 amide bonds. The van der Waals surface area contributed by atoms with E-state index in [1.807, 2.05) is 0 Å². The first-order valence-corrected chi connectivity index (χ1v) is 3.93. The summed E-state index contributed by atoms with van der Waals surface area (Å²) >= 11 is 0. The minimum absolute atomic E-state index is 0.0566. The zero-order chi connectivity index (χ0) is 10.8. The number of carbonyl (C=O) groups is 2. The fourth-order valence-corrected chi connectivity index (χ4v) is 0.522. The van der Waals surface area contributed by atoms with Crippen molar-refractivity contribution in [3.63, 3.8) is 0 Å². The second-order valence-corrected chi connectivity index (χ2v) is 2.15. The van der Waals surface area contributed by atoms with Gasteiger partial charge in [-0.15, -0.1) is 0 Å². The number of hydrogen-bond donors (Lipinski definition) is 0. The fourth-order valence-electron chi connectivity index (χ4n) is 0.522. The normalized spacial score (nSPS) is 7.29. The summed E-state index contributed by atoms with van der Waals surface area (Å²) in [5, 5.41) is 0. The zero-order valence-corrected chi connectivity index (χ0v) is 8.05. The Morgan fingerprint density at radius 1 is 0.929 bits per heavy atom. The van der Waals surface area contributed by atoms with Gasteiger partial charge in [-0.05, 0) is 0 Å². The maximum absolute atomic E-state index is 10.8. The third-order valence-electron chi connectivity index (χ3n) is 1.07. The molecule has 0 saturated heterocycles. The van der Waals surface area contributed by atoms with Crippen LogP contribution in [0.25, 0.3) is 0 Å². The molecule has 0 saturated carbocycles. The lowest BCUT2D eigenvalue weighted by Gasteiger charge is -1.95. The Morgan fingerprint density at radius 3 is 1.57 bits per heavy atom. The minimum atomic E-state index is -0.555. The second-order valence-electron chi connectivity index (χ2n) is 2.15. The SMILES string of the molecule is CC#COC(=O)CCC(=O)OC#CC.